The van der Waals surface area contributed by atoms with Crippen LogP contribution in [0.2, 0.25) is 0 Å². The number of anilines is 1. The van der Waals surface area contributed by atoms with E-state index in [1.165, 1.54) is 12.1 Å². The van der Waals surface area contributed by atoms with E-state index < -0.39 is 0 Å². The predicted molar refractivity (Wildman–Crippen MR) is 116 cm³/mol. The van der Waals surface area contributed by atoms with Gasteiger partial charge in [0.25, 0.3) is 5.91 Å². The number of nitrogens with zero attached hydrogens (tertiary/aromatic N) is 1. The third kappa shape index (κ3) is 4.74. The van der Waals surface area contributed by atoms with Crippen molar-refractivity contribution in [1.82, 2.24) is 4.90 Å². The summed E-state index contributed by atoms with van der Waals surface area (Å²) >= 11 is 0. The molecule has 0 spiro atoms. The number of amides is 2. The number of nitrogens with one attached hydrogen (secondary N) is 1. The number of rotatable bonds is 6. The molecule has 6 heteroatoms. The Balaban J connectivity index is 1.49. The molecule has 0 aliphatic carbocycles. The number of hydrogen-bond donors (Lipinski definition) is 1. The minimum Gasteiger partial charge on any atom is -0.484 e. The molecule has 0 fully saturated rings. The number of halogens is 1. The van der Waals surface area contributed by atoms with Crippen LogP contribution in [-0.4, -0.2) is 30.4 Å². The van der Waals surface area contributed by atoms with Crippen molar-refractivity contribution in [3.63, 3.8) is 0 Å². The summed E-state index contributed by atoms with van der Waals surface area (Å²) in [4.78, 5) is 26.1. The van der Waals surface area contributed by atoms with Gasteiger partial charge in [0.1, 0.15) is 11.6 Å². The van der Waals surface area contributed by atoms with Crippen molar-refractivity contribution in [2.24, 2.45) is 0 Å². The van der Waals surface area contributed by atoms with Crippen molar-refractivity contribution < 1.29 is 18.7 Å². The Morgan fingerprint density at radius 1 is 1.03 bits per heavy atom. The van der Waals surface area contributed by atoms with E-state index in [0.29, 0.717) is 18.6 Å². The van der Waals surface area contributed by atoms with Crippen LogP contribution in [-0.2, 0) is 16.0 Å². The molecule has 2 amide bonds. The SMILES string of the molecule is CN(C(=O)COc1ccc2c(c1)CCC(=O)N2)C(c1ccccc1)c1ccc(F)cc1. The van der Waals surface area contributed by atoms with Gasteiger partial charge < -0.3 is 15.0 Å². The Hall–Kier alpha value is -3.67. The van der Waals surface area contributed by atoms with Crippen molar-refractivity contribution in [2.45, 2.75) is 18.9 Å². The number of aryl methyl sites for hydroxylation is 1. The van der Waals surface area contributed by atoms with Crippen LogP contribution in [0, 0.1) is 5.82 Å². The lowest BCUT2D eigenvalue weighted by molar-refractivity contribution is -0.133. The van der Waals surface area contributed by atoms with E-state index >= 15 is 0 Å². The molecule has 3 aromatic rings. The first-order valence-corrected chi connectivity index (χ1v) is 10.1. The molecule has 0 radical (unpaired) electrons. The largest absolute Gasteiger partial charge is 0.484 e. The van der Waals surface area contributed by atoms with Gasteiger partial charge in [-0.1, -0.05) is 42.5 Å². The average Bonchev–Trinajstić information content (AvgIpc) is 2.79. The summed E-state index contributed by atoms with van der Waals surface area (Å²) in [5, 5.41) is 2.83. The first-order chi connectivity index (χ1) is 15.0. The number of carbonyl (C=O) groups is 2. The zero-order valence-corrected chi connectivity index (χ0v) is 17.2. The molecule has 0 bridgehead atoms. The van der Waals surface area contributed by atoms with Gasteiger partial charge in [0, 0.05) is 19.2 Å². The van der Waals surface area contributed by atoms with Gasteiger partial charge in [0.05, 0.1) is 6.04 Å². The first-order valence-electron chi connectivity index (χ1n) is 10.1. The van der Waals surface area contributed by atoms with Crippen molar-refractivity contribution >= 4 is 17.5 Å². The van der Waals surface area contributed by atoms with Crippen molar-refractivity contribution in [2.75, 3.05) is 19.0 Å². The van der Waals surface area contributed by atoms with Crippen LogP contribution in [0.3, 0.4) is 0 Å². The quantitative estimate of drug-likeness (QED) is 0.648. The molecule has 0 aromatic heterocycles. The zero-order valence-electron chi connectivity index (χ0n) is 17.2. The summed E-state index contributed by atoms with van der Waals surface area (Å²) in [7, 11) is 1.72. The van der Waals surface area contributed by atoms with E-state index in [0.717, 1.165) is 22.4 Å². The number of hydrogen-bond acceptors (Lipinski definition) is 3. The second-order valence-electron chi connectivity index (χ2n) is 7.53. The monoisotopic (exact) mass is 418 g/mol. The summed E-state index contributed by atoms with van der Waals surface area (Å²) in [5.41, 5.74) is 3.52. The number of fused-ring (bicyclic) bond motifs is 1. The van der Waals surface area contributed by atoms with Crippen molar-refractivity contribution in [1.29, 1.82) is 0 Å². The minimum atomic E-state index is -0.364. The lowest BCUT2D eigenvalue weighted by Gasteiger charge is -2.29. The summed E-state index contributed by atoms with van der Waals surface area (Å²) in [6, 6.07) is 20.8. The van der Waals surface area contributed by atoms with Gasteiger partial charge in [-0.2, -0.15) is 0 Å². The Bertz CT molecular complexity index is 1080. The number of benzene rings is 3. The highest BCUT2D eigenvalue weighted by Crippen LogP contribution is 2.29. The minimum absolute atomic E-state index is 0.00529. The number of carbonyl (C=O) groups excluding carboxylic acids is 2. The van der Waals surface area contributed by atoms with Gasteiger partial charge in [-0.25, -0.2) is 4.39 Å². The van der Waals surface area contributed by atoms with Crippen molar-refractivity contribution in [3.05, 3.63) is 95.3 Å². The van der Waals surface area contributed by atoms with E-state index in [1.807, 2.05) is 36.4 Å². The molecule has 31 heavy (non-hydrogen) atoms. The highest BCUT2D eigenvalue weighted by molar-refractivity contribution is 5.94. The van der Waals surface area contributed by atoms with Crippen LogP contribution in [0.4, 0.5) is 10.1 Å². The van der Waals surface area contributed by atoms with Crippen LogP contribution in [0.5, 0.6) is 5.75 Å². The molecule has 158 valence electrons. The Morgan fingerprint density at radius 2 is 1.74 bits per heavy atom. The van der Waals surface area contributed by atoms with Gasteiger partial charge in [-0.3, -0.25) is 9.59 Å². The second-order valence-corrected chi connectivity index (χ2v) is 7.53. The van der Waals surface area contributed by atoms with Crippen LogP contribution in [0.1, 0.15) is 29.2 Å². The molecule has 4 rings (SSSR count). The zero-order chi connectivity index (χ0) is 21.8. The van der Waals surface area contributed by atoms with Crippen LogP contribution < -0.4 is 10.1 Å². The number of likely N-dealkylation sites (N-methyl/N-ethyl adjacent to an activating group) is 1. The Kier molecular flexibility index (Phi) is 5.98. The smallest absolute Gasteiger partial charge is 0.261 e. The Morgan fingerprint density at radius 3 is 2.48 bits per heavy atom. The summed E-state index contributed by atoms with van der Waals surface area (Å²) in [5.74, 6) is 0.0566. The molecule has 0 saturated carbocycles. The fourth-order valence-electron chi connectivity index (χ4n) is 3.76. The molecule has 3 aromatic carbocycles. The fourth-order valence-corrected chi connectivity index (χ4v) is 3.76. The number of ether oxygens (including phenoxy) is 1. The molecule has 1 N–H and O–H groups in total. The topological polar surface area (TPSA) is 58.6 Å². The predicted octanol–water partition coefficient (Wildman–Crippen LogP) is 4.34. The van der Waals surface area contributed by atoms with Crippen LogP contribution in [0.25, 0.3) is 0 Å². The van der Waals surface area contributed by atoms with Gasteiger partial charge in [0.15, 0.2) is 6.61 Å². The summed E-state index contributed by atoms with van der Waals surface area (Å²) in [6.45, 7) is -0.133. The normalized spacial score (nSPS) is 13.7. The van der Waals surface area contributed by atoms with E-state index in [9.17, 15) is 14.0 Å². The first kappa shape index (κ1) is 20.6. The van der Waals surface area contributed by atoms with Gasteiger partial charge in [-0.05, 0) is 53.4 Å². The van der Waals surface area contributed by atoms with Gasteiger partial charge in [-0.15, -0.1) is 0 Å². The van der Waals surface area contributed by atoms with E-state index in [-0.39, 0.29) is 30.3 Å². The lowest BCUT2D eigenvalue weighted by Crippen LogP contribution is -2.35. The van der Waals surface area contributed by atoms with Crippen LogP contribution >= 0.6 is 0 Å². The maximum Gasteiger partial charge on any atom is 0.261 e. The molecule has 1 heterocycles. The Labute approximate surface area is 180 Å². The van der Waals surface area contributed by atoms with Gasteiger partial charge in [0.2, 0.25) is 5.91 Å². The second kappa shape index (κ2) is 9.00. The molecule has 1 unspecified atom stereocenters. The third-order valence-electron chi connectivity index (χ3n) is 5.42. The third-order valence-corrected chi connectivity index (χ3v) is 5.42. The summed E-state index contributed by atoms with van der Waals surface area (Å²) < 4.78 is 19.2. The standard InChI is InChI=1S/C25H23FN2O3/c1-28(25(17-5-3-2-4-6-17)18-7-10-20(26)11-8-18)24(30)16-31-21-12-13-22-19(15-21)9-14-23(29)27-22/h2-8,10-13,15,25H,9,14,16H2,1H3,(H,27,29). The molecule has 1 aliphatic heterocycles. The molecule has 1 aliphatic rings. The fraction of sp³-hybridized carbons (Fsp3) is 0.200. The molecule has 1 atom stereocenters. The van der Waals surface area contributed by atoms with E-state index in [1.54, 1.807) is 36.2 Å². The van der Waals surface area contributed by atoms with Crippen LogP contribution in [0.15, 0.2) is 72.8 Å². The highest BCUT2D eigenvalue weighted by atomic mass is 19.1. The van der Waals surface area contributed by atoms with E-state index in [4.69, 9.17) is 4.74 Å². The average molecular weight is 418 g/mol. The molecular weight excluding hydrogens is 395 g/mol. The lowest BCUT2D eigenvalue weighted by atomic mass is 9.97. The maximum absolute atomic E-state index is 13.4. The summed E-state index contributed by atoms with van der Waals surface area (Å²) in [6.07, 6.45) is 1.08. The maximum atomic E-state index is 13.4. The molecule has 0 saturated heterocycles. The highest BCUT2D eigenvalue weighted by Gasteiger charge is 2.24. The van der Waals surface area contributed by atoms with Gasteiger partial charge >= 0.3 is 0 Å². The molecule has 5 nitrogen and oxygen atoms in total. The molecular formula is C25H23FN2O3. The van der Waals surface area contributed by atoms with E-state index in [2.05, 4.69) is 5.32 Å². The van der Waals surface area contributed by atoms with Crippen molar-refractivity contribution in [3.8, 4) is 5.75 Å².